The van der Waals surface area contributed by atoms with Crippen LogP contribution in [0, 0.1) is 0 Å². The van der Waals surface area contributed by atoms with Gasteiger partial charge >= 0.3 is 41.5 Å². The number of rotatable bonds is 4. The van der Waals surface area contributed by atoms with Gasteiger partial charge < -0.3 is 11.6 Å². The first-order valence-corrected chi connectivity index (χ1v) is 5.08. The van der Waals surface area contributed by atoms with Gasteiger partial charge in [0.25, 0.3) is 0 Å². The maximum atomic E-state index is 11.1. The normalized spacial score (nSPS) is 11.5. The Morgan fingerprint density at radius 3 is 2.47 bits per heavy atom. The molecule has 1 aromatic rings. The topological polar surface area (TPSA) is 93.1 Å². The number of carbonyl (C=O) groups excluding carboxylic acids is 2. The standard InChI is InChI=1S/C12H12O6.Na.H/c13-8-10(14)12(16)18-17-11(15)7-6-9-4-2-1-3-5-9;;/h1-7,10,13-14H,8H2;;/q;+1;-1. The summed E-state index contributed by atoms with van der Waals surface area (Å²) in [5.41, 5.74) is 0.774. The van der Waals surface area contributed by atoms with Crippen molar-refractivity contribution in [3.05, 3.63) is 42.0 Å². The van der Waals surface area contributed by atoms with Gasteiger partial charge in [0.1, 0.15) is 0 Å². The van der Waals surface area contributed by atoms with Gasteiger partial charge in [0.15, 0.2) is 6.10 Å². The second-order valence-corrected chi connectivity index (χ2v) is 3.25. The number of carbonyl (C=O) groups is 2. The van der Waals surface area contributed by atoms with Crippen LogP contribution >= 0.6 is 0 Å². The number of hydrogen-bond acceptors (Lipinski definition) is 6. The first-order valence-electron chi connectivity index (χ1n) is 5.08. The number of benzene rings is 1. The molecule has 0 aliphatic rings. The van der Waals surface area contributed by atoms with Crippen LogP contribution in [-0.2, 0) is 19.4 Å². The van der Waals surface area contributed by atoms with Crippen LogP contribution in [0.25, 0.3) is 6.08 Å². The van der Waals surface area contributed by atoms with E-state index in [9.17, 15) is 9.59 Å². The molecule has 0 aliphatic carbocycles. The van der Waals surface area contributed by atoms with Crippen molar-refractivity contribution in [3.63, 3.8) is 0 Å². The van der Waals surface area contributed by atoms with Crippen molar-refractivity contribution in [1.29, 1.82) is 0 Å². The molecule has 0 amide bonds. The molecule has 19 heavy (non-hydrogen) atoms. The van der Waals surface area contributed by atoms with Gasteiger partial charge in [-0.1, -0.05) is 30.3 Å². The summed E-state index contributed by atoms with van der Waals surface area (Å²) < 4.78 is 0. The summed E-state index contributed by atoms with van der Waals surface area (Å²) in [5, 5.41) is 17.2. The minimum atomic E-state index is -1.73. The SMILES string of the molecule is O=C(C=Cc1ccccc1)OOC(=O)C(O)CO.[H-].[Na+]. The van der Waals surface area contributed by atoms with E-state index in [-0.39, 0.29) is 31.0 Å². The monoisotopic (exact) mass is 276 g/mol. The van der Waals surface area contributed by atoms with Crippen LogP contribution in [0.3, 0.4) is 0 Å². The van der Waals surface area contributed by atoms with Crippen LogP contribution in [-0.4, -0.2) is 34.9 Å². The van der Waals surface area contributed by atoms with Crippen LogP contribution in [0.2, 0.25) is 0 Å². The molecular formula is C12H13NaO6. The summed E-state index contributed by atoms with van der Waals surface area (Å²) in [6, 6.07) is 8.95. The molecule has 1 unspecified atom stereocenters. The molecule has 1 rings (SSSR count). The second kappa shape index (κ2) is 9.71. The predicted octanol–water partition coefficient (Wildman–Crippen LogP) is -2.83. The van der Waals surface area contributed by atoms with Crippen molar-refractivity contribution in [3.8, 4) is 0 Å². The Bertz CT molecular complexity index is 437. The van der Waals surface area contributed by atoms with Gasteiger partial charge in [0.2, 0.25) is 0 Å². The molecule has 0 saturated carbocycles. The van der Waals surface area contributed by atoms with Gasteiger partial charge in [-0.25, -0.2) is 19.4 Å². The Labute approximate surface area is 133 Å². The summed E-state index contributed by atoms with van der Waals surface area (Å²) in [7, 11) is 0. The van der Waals surface area contributed by atoms with E-state index in [0.717, 1.165) is 11.6 Å². The van der Waals surface area contributed by atoms with Crippen molar-refractivity contribution >= 4 is 18.0 Å². The Balaban J connectivity index is 0. The third-order valence-corrected chi connectivity index (χ3v) is 1.86. The van der Waals surface area contributed by atoms with E-state index in [2.05, 4.69) is 9.78 Å². The number of hydrogen-bond donors (Lipinski definition) is 2. The molecule has 0 radical (unpaired) electrons. The third-order valence-electron chi connectivity index (χ3n) is 1.86. The fourth-order valence-electron chi connectivity index (χ4n) is 0.968. The molecule has 7 heteroatoms. The molecule has 6 nitrogen and oxygen atoms in total. The zero-order valence-corrected chi connectivity index (χ0v) is 12.4. The van der Waals surface area contributed by atoms with E-state index in [0.29, 0.717) is 0 Å². The van der Waals surface area contributed by atoms with Crippen LogP contribution < -0.4 is 29.6 Å². The molecule has 1 aromatic carbocycles. The summed E-state index contributed by atoms with van der Waals surface area (Å²) >= 11 is 0. The van der Waals surface area contributed by atoms with E-state index in [1.165, 1.54) is 6.08 Å². The first kappa shape index (κ1) is 17.8. The molecule has 0 aliphatic heterocycles. The Morgan fingerprint density at radius 1 is 1.26 bits per heavy atom. The largest absolute Gasteiger partial charge is 1.00 e. The average molecular weight is 276 g/mol. The van der Waals surface area contributed by atoms with Crippen molar-refractivity contribution in [2.75, 3.05) is 6.61 Å². The minimum Gasteiger partial charge on any atom is -1.00 e. The van der Waals surface area contributed by atoms with Crippen molar-refractivity contribution in [2.24, 2.45) is 0 Å². The van der Waals surface area contributed by atoms with Crippen LogP contribution in [0.15, 0.2) is 36.4 Å². The average Bonchev–Trinajstić information content (AvgIpc) is 2.42. The van der Waals surface area contributed by atoms with E-state index in [4.69, 9.17) is 10.2 Å². The minimum absolute atomic E-state index is 0. The number of aliphatic hydroxyl groups is 2. The molecule has 0 heterocycles. The molecule has 0 aromatic heterocycles. The summed E-state index contributed by atoms with van der Waals surface area (Å²) in [4.78, 5) is 30.0. The summed E-state index contributed by atoms with van der Waals surface area (Å²) in [5.74, 6) is -2.14. The predicted molar refractivity (Wildman–Crippen MR) is 61.9 cm³/mol. The molecule has 1 atom stereocenters. The molecule has 0 fully saturated rings. The van der Waals surface area contributed by atoms with Gasteiger partial charge in [-0.3, -0.25) is 0 Å². The van der Waals surface area contributed by atoms with Crippen LogP contribution in [0.4, 0.5) is 0 Å². The van der Waals surface area contributed by atoms with Gasteiger partial charge in [0.05, 0.1) is 6.61 Å². The van der Waals surface area contributed by atoms with E-state index < -0.39 is 24.6 Å². The van der Waals surface area contributed by atoms with E-state index in [1.807, 2.05) is 6.07 Å². The van der Waals surface area contributed by atoms with E-state index >= 15 is 0 Å². The van der Waals surface area contributed by atoms with Crippen LogP contribution in [0.5, 0.6) is 0 Å². The fourth-order valence-corrected chi connectivity index (χ4v) is 0.968. The maximum absolute atomic E-state index is 11.1. The van der Waals surface area contributed by atoms with Gasteiger partial charge in [-0.05, 0) is 11.6 Å². The van der Waals surface area contributed by atoms with E-state index in [1.54, 1.807) is 24.3 Å². The molecule has 0 spiro atoms. The van der Waals surface area contributed by atoms with Gasteiger partial charge in [0, 0.05) is 6.08 Å². The maximum Gasteiger partial charge on any atom is 1.00 e. The fraction of sp³-hybridized carbons (Fsp3) is 0.167. The zero-order valence-electron chi connectivity index (χ0n) is 11.4. The van der Waals surface area contributed by atoms with Crippen molar-refractivity contribution < 1.29 is 60.6 Å². The molecule has 2 N–H and O–H groups in total. The Kier molecular flexibility index (Phi) is 9.11. The quantitative estimate of drug-likeness (QED) is 0.266. The van der Waals surface area contributed by atoms with Gasteiger partial charge in [-0.2, -0.15) is 0 Å². The summed E-state index contributed by atoms with van der Waals surface area (Å²) in [6.45, 7) is -0.809. The molecule has 0 bridgehead atoms. The Morgan fingerprint density at radius 2 is 1.89 bits per heavy atom. The smallest absolute Gasteiger partial charge is 1.00 e. The first-order chi connectivity index (χ1) is 8.63. The zero-order chi connectivity index (χ0) is 13.4. The van der Waals surface area contributed by atoms with Gasteiger partial charge in [-0.15, -0.1) is 0 Å². The molecule has 98 valence electrons. The van der Waals surface area contributed by atoms with Crippen molar-refractivity contribution in [2.45, 2.75) is 6.10 Å². The van der Waals surface area contributed by atoms with Crippen molar-refractivity contribution in [1.82, 2.24) is 0 Å². The molecule has 0 saturated heterocycles. The summed E-state index contributed by atoms with van der Waals surface area (Å²) in [6.07, 6.45) is 0.808. The second-order valence-electron chi connectivity index (χ2n) is 3.25. The third kappa shape index (κ3) is 7.09. The Hall–Kier alpha value is -1.18. The number of aliphatic hydroxyl groups excluding tert-OH is 2. The van der Waals surface area contributed by atoms with Crippen LogP contribution in [0.1, 0.15) is 6.99 Å². The molecular weight excluding hydrogens is 263 g/mol.